The Labute approximate surface area is 190 Å². The molecule has 2 unspecified atom stereocenters. The number of hydrogen-bond donors (Lipinski definition) is 0. The van der Waals surface area contributed by atoms with E-state index in [9.17, 15) is 4.79 Å². The van der Waals surface area contributed by atoms with Gasteiger partial charge in [0.1, 0.15) is 0 Å². The van der Waals surface area contributed by atoms with Crippen LogP contribution in [0.5, 0.6) is 0 Å². The zero-order valence-corrected chi connectivity index (χ0v) is 21.3. The van der Waals surface area contributed by atoms with Crippen LogP contribution in [0.25, 0.3) is 0 Å². The first kappa shape index (κ1) is 29.5. The van der Waals surface area contributed by atoms with Crippen LogP contribution in [0.4, 0.5) is 0 Å². The molecule has 0 aromatic carbocycles. The van der Waals surface area contributed by atoms with Crippen molar-refractivity contribution in [2.75, 3.05) is 6.61 Å². The van der Waals surface area contributed by atoms with Gasteiger partial charge in [-0.05, 0) is 25.2 Å². The van der Waals surface area contributed by atoms with Gasteiger partial charge in [-0.1, -0.05) is 137 Å². The van der Waals surface area contributed by atoms with Gasteiger partial charge < -0.3 is 4.74 Å². The van der Waals surface area contributed by atoms with Crippen molar-refractivity contribution in [3.63, 3.8) is 0 Å². The fourth-order valence-corrected chi connectivity index (χ4v) is 4.25. The highest BCUT2D eigenvalue weighted by Crippen LogP contribution is 2.20. The van der Waals surface area contributed by atoms with E-state index in [1.54, 1.807) is 0 Å². The average molecular weight is 425 g/mol. The van der Waals surface area contributed by atoms with E-state index in [-0.39, 0.29) is 11.9 Å². The summed E-state index contributed by atoms with van der Waals surface area (Å²) < 4.78 is 5.78. The maximum atomic E-state index is 12.4. The summed E-state index contributed by atoms with van der Waals surface area (Å²) in [6, 6.07) is 0. The molecule has 0 saturated heterocycles. The second-order valence-corrected chi connectivity index (χ2v) is 9.71. The molecule has 2 heteroatoms. The minimum absolute atomic E-state index is 0.0416. The second-order valence-electron chi connectivity index (χ2n) is 9.71. The van der Waals surface area contributed by atoms with E-state index in [0.29, 0.717) is 12.5 Å². The fourth-order valence-electron chi connectivity index (χ4n) is 4.25. The highest BCUT2D eigenvalue weighted by molar-refractivity contribution is 5.71. The Kier molecular flexibility index (Phi) is 22.7. The molecule has 30 heavy (non-hydrogen) atoms. The number of rotatable bonds is 23. The lowest BCUT2D eigenvalue weighted by atomic mass is 9.95. The molecule has 2 nitrogen and oxygen atoms in total. The minimum Gasteiger partial charge on any atom is -0.465 e. The molecule has 0 bridgehead atoms. The molecule has 0 heterocycles. The van der Waals surface area contributed by atoms with E-state index in [4.69, 9.17) is 4.74 Å². The summed E-state index contributed by atoms with van der Waals surface area (Å²) in [6.07, 6.45) is 26.0. The van der Waals surface area contributed by atoms with Crippen molar-refractivity contribution in [1.82, 2.24) is 0 Å². The molecule has 0 spiro atoms. The molecule has 0 fully saturated rings. The number of ether oxygens (including phenoxy) is 1. The molecule has 2 atom stereocenters. The Morgan fingerprint density at radius 3 is 1.43 bits per heavy atom. The normalized spacial score (nSPS) is 13.3. The number of unbranched alkanes of at least 4 members (excludes halogenated alkanes) is 14. The van der Waals surface area contributed by atoms with Gasteiger partial charge in [0.15, 0.2) is 0 Å². The first-order valence-corrected chi connectivity index (χ1v) is 13.8. The van der Waals surface area contributed by atoms with Crippen molar-refractivity contribution in [1.29, 1.82) is 0 Å². The predicted molar refractivity (Wildman–Crippen MR) is 133 cm³/mol. The van der Waals surface area contributed by atoms with Crippen LogP contribution in [0.15, 0.2) is 0 Å². The minimum atomic E-state index is 0.0416. The monoisotopic (exact) mass is 424 g/mol. The van der Waals surface area contributed by atoms with Crippen molar-refractivity contribution in [2.24, 2.45) is 11.8 Å². The van der Waals surface area contributed by atoms with Gasteiger partial charge >= 0.3 is 5.97 Å². The van der Waals surface area contributed by atoms with Crippen molar-refractivity contribution in [2.45, 2.75) is 156 Å². The molecule has 0 aromatic rings. The van der Waals surface area contributed by atoms with Gasteiger partial charge in [-0.2, -0.15) is 0 Å². The third kappa shape index (κ3) is 19.4. The average Bonchev–Trinajstić information content (AvgIpc) is 2.75. The standard InChI is InChI=1S/C28H56O2/c1-5-8-11-13-15-16-18-21-24-27(23-19-10-7-3)25-30-28(29)26(4)22-20-17-14-12-9-6-2/h26-27H,5-25H2,1-4H3. The molecule has 0 aliphatic carbocycles. The van der Waals surface area contributed by atoms with Gasteiger partial charge in [-0.15, -0.1) is 0 Å². The van der Waals surface area contributed by atoms with E-state index in [1.807, 2.05) is 0 Å². The van der Waals surface area contributed by atoms with Gasteiger partial charge in [-0.25, -0.2) is 0 Å². The highest BCUT2D eigenvalue weighted by Gasteiger charge is 2.17. The van der Waals surface area contributed by atoms with Gasteiger partial charge in [0.25, 0.3) is 0 Å². The summed E-state index contributed by atoms with van der Waals surface area (Å²) in [4.78, 5) is 12.4. The molecule has 180 valence electrons. The Morgan fingerprint density at radius 1 is 0.567 bits per heavy atom. The maximum Gasteiger partial charge on any atom is 0.308 e. The predicted octanol–water partition coefficient (Wildman–Crippen LogP) is 9.64. The Bertz CT molecular complexity index is 353. The lowest BCUT2D eigenvalue weighted by molar-refractivity contribution is -0.149. The molecule has 0 aliphatic heterocycles. The van der Waals surface area contributed by atoms with E-state index in [0.717, 1.165) is 12.8 Å². The van der Waals surface area contributed by atoms with Gasteiger partial charge in [0.2, 0.25) is 0 Å². The van der Waals surface area contributed by atoms with Crippen LogP contribution in [0, 0.1) is 11.8 Å². The molecular weight excluding hydrogens is 368 g/mol. The SMILES string of the molecule is CCCCCCCCCCC(CCCCC)COC(=O)C(C)CCCCCCCC. The van der Waals surface area contributed by atoms with Crippen molar-refractivity contribution in [3.05, 3.63) is 0 Å². The van der Waals surface area contributed by atoms with Crippen LogP contribution in [0.3, 0.4) is 0 Å². The van der Waals surface area contributed by atoms with Crippen LogP contribution in [-0.2, 0) is 9.53 Å². The summed E-state index contributed by atoms with van der Waals surface area (Å²) in [5.74, 6) is 0.678. The quantitative estimate of drug-likeness (QED) is 0.120. The molecule has 0 aliphatic rings. The molecule has 0 N–H and O–H groups in total. The van der Waals surface area contributed by atoms with Crippen LogP contribution in [0.2, 0.25) is 0 Å². The number of carbonyl (C=O) groups excluding carboxylic acids is 1. The van der Waals surface area contributed by atoms with E-state index in [2.05, 4.69) is 27.7 Å². The summed E-state index contributed by atoms with van der Waals surface area (Å²) in [5.41, 5.74) is 0. The van der Waals surface area contributed by atoms with Crippen LogP contribution in [0.1, 0.15) is 156 Å². The summed E-state index contributed by atoms with van der Waals surface area (Å²) in [6.45, 7) is 9.50. The maximum absolute atomic E-state index is 12.4. The number of carbonyl (C=O) groups is 1. The molecule has 0 saturated carbocycles. The zero-order valence-electron chi connectivity index (χ0n) is 21.3. The fraction of sp³-hybridized carbons (Fsp3) is 0.964. The summed E-state index contributed by atoms with van der Waals surface area (Å²) in [7, 11) is 0. The molecular formula is C28H56O2. The van der Waals surface area contributed by atoms with E-state index in [1.165, 1.54) is 116 Å². The van der Waals surface area contributed by atoms with Gasteiger partial charge in [0.05, 0.1) is 12.5 Å². The first-order valence-electron chi connectivity index (χ1n) is 13.8. The third-order valence-electron chi connectivity index (χ3n) is 6.54. The van der Waals surface area contributed by atoms with Gasteiger partial charge in [-0.3, -0.25) is 4.79 Å². The number of hydrogen-bond acceptors (Lipinski definition) is 2. The second kappa shape index (κ2) is 23.1. The summed E-state index contributed by atoms with van der Waals surface area (Å²) >= 11 is 0. The largest absolute Gasteiger partial charge is 0.465 e. The summed E-state index contributed by atoms with van der Waals surface area (Å²) in [5, 5.41) is 0. The van der Waals surface area contributed by atoms with E-state index >= 15 is 0 Å². The lowest BCUT2D eigenvalue weighted by Crippen LogP contribution is -2.19. The van der Waals surface area contributed by atoms with Crippen molar-refractivity contribution < 1.29 is 9.53 Å². The van der Waals surface area contributed by atoms with Gasteiger partial charge in [0, 0.05) is 0 Å². The molecule has 0 rings (SSSR count). The topological polar surface area (TPSA) is 26.3 Å². The first-order chi connectivity index (χ1) is 14.7. The molecule has 0 amide bonds. The van der Waals surface area contributed by atoms with Crippen LogP contribution < -0.4 is 0 Å². The zero-order chi connectivity index (χ0) is 22.3. The van der Waals surface area contributed by atoms with Crippen LogP contribution >= 0.6 is 0 Å². The molecule has 0 aromatic heterocycles. The Hall–Kier alpha value is -0.530. The van der Waals surface area contributed by atoms with E-state index < -0.39 is 0 Å². The third-order valence-corrected chi connectivity index (χ3v) is 6.54. The molecule has 0 radical (unpaired) electrons. The highest BCUT2D eigenvalue weighted by atomic mass is 16.5. The van der Waals surface area contributed by atoms with Crippen molar-refractivity contribution in [3.8, 4) is 0 Å². The lowest BCUT2D eigenvalue weighted by Gasteiger charge is -2.19. The smallest absolute Gasteiger partial charge is 0.308 e. The number of esters is 1. The Balaban J connectivity index is 3.98. The van der Waals surface area contributed by atoms with Crippen LogP contribution in [-0.4, -0.2) is 12.6 Å². The Morgan fingerprint density at radius 2 is 0.933 bits per heavy atom. The van der Waals surface area contributed by atoms with Crippen molar-refractivity contribution >= 4 is 5.97 Å².